The monoisotopic (exact) mass is 292 g/mol. The standard InChI is InChI=1S/C10H24N2O4Si2/c1-11(2)17(5,6)15-9(13)10(14)16-18(7,8)12(3)4/h1-8H3. The Balaban J connectivity index is 4.60. The largest absolute Gasteiger partial charge is 0.497 e. The zero-order valence-electron chi connectivity index (χ0n) is 12.5. The van der Waals surface area contributed by atoms with E-state index >= 15 is 0 Å². The summed E-state index contributed by atoms with van der Waals surface area (Å²) in [6, 6.07) is 0. The van der Waals surface area contributed by atoms with E-state index in [0.717, 1.165) is 0 Å². The summed E-state index contributed by atoms with van der Waals surface area (Å²) in [5.41, 5.74) is 0. The van der Waals surface area contributed by atoms with Crippen molar-refractivity contribution in [3.05, 3.63) is 0 Å². The fourth-order valence-electron chi connectivity index (χ4n) is 0.720. The Labute approximate surface area is 111 Å². The molecule has 0 aliphatic rings. The van der Waals surface area contributed by atoms with Crippen molar-refractivity contribution in [3.8, 4) is 0 Å². The van der Waals surface area contributed by atoms with Gasteiger partial charge in [-0.05, 0) is 54.4 Å². The van der Waals surface area contributed by atoms with E-state index in [9.17, 15) is 9.59 Å². The number of hydrogen-bond acceptors (Lipinski definition) is 6. The van der Waals surface area contributed by atoms with Gasteiger partial charge in [0.25, 0.3) is 0 Å². The Morgan fingerprint density at radius 3 is 1.11 bits per heavy atom. The van der Waals surface area contributed by atoms with Crippen LogP contribution in [0.1, 0.15) is 0 Å². The Morgan fingerprint density at radius 2 is 0.944 bits per heavy atom. The molecule has 0 rings (SSSR count). The molecule has 18 heavy (non-hydrogen) atoms. The molecule has 0 aromatic carbocycles. The zero-order valence-corrected chi connectivity index (χ0v) is 14.5. The summed E-state index contributed by atoms with van der Waals surface area (Å²) in [6.45, 7) is 7.36. The van der Waals surface area contributed by atoms with E-state index in [2.05, 4.69) is 0 Å². The molecule has 8 heteroatoms. The first kappa shape index (κ1) is 17.3. The van der Waals surface area contributed by atoms with Crippen LogP contribution in [0.15, 0.2) is 0 Å². The van der Waals surface area contributed by atoms with Crippen LogP contribution >= 0.6 is 0 Å². The van der Waals surface area contributed by atoms with Gasteiger partial charge < -0.3 is 8.85 Å². The van der Waals surface area contributed by atoms with Crippen molar-refractivity contribution >= 4 is 28.9 Å². The Morgan fingerprint density at radius 1 is 0.722 bits per heavy atom. The molecule has 0 heterocycles. The van der Waals surface area contributed by atoms with Crippen LogP contribution in [0.4, 0.5) is 0 Å². The van der Waals surface area contributed by atoms with Crippen molar-refractivity contribution < 1.29 is 18.4 Å². The van der Waals surface area contributed by atoms with E-state index in [0.29, 0.717) is 0 Å². The lowest BCUT2D eigenvalue weighted by Crippen LogP contribution is -2.52. The molecule has 0 saturated heterocycles. The third-order valence-corrected chi connectivity index (χ3v) is 8.68. The molecule has 0 aromatic rings. The molecule has 0 atom stereocenters. The molecule has 0 N–H and O–H groups in total. The summed E-state index contributed by atoms with van der Waals surface area (Å²) in [5, 5.41) is 0. The van der Waals surface area contributed by atoms with E-state index in [1.807, 2.05) is 63.5 Å². The lowest BCUT2D eigenvalue weighted by atomic mass is 10.7. The number of hydrogen-bond donors (Lipinski definition) is 0. The summed E-state index contributed by atoms with van der Waals surface area (Å²) < 4.78 is 14.2. The highest BCUT2D eigenvalue weighted by atomic mass is 28.4. The molecule has 0 fully saturated rings. The van der Waals surface area contributed by atoms with Gasteiger partial charge in [0.05, 0.1) is 0 Å². The number of nitrogens with zero attached hydrogens (tertiary/aromatic N) is 2. The first-order valence-corrected chi connectivity index (χ1v) is 11.4. The normalized spacial score (nSPS) is 12.8. The van der Waals surface area contributed by atoms with Gasteiger partial charge in [0.1, 0.15) is 0 Å². The maximum absolute atomic E-state index is 11.7. The third kappa shape index (κ3) is 4.88. The lowest BCUT2D eigenvalue weighted by molar-refractivity contribution is -0.158. The minimum Gasteiger partial charge on any atom is -0.497 e. The van der Waals surface area contributed by atoms with Crippen LogP contribution in [-0.2, 0) is 18.4 Å². The smallest absolute Gasteiger partial charge is 0.403 e. The van der Waals surface area contributed by atoms with Gasteiger partial charge in [0.15, 0.2) is 0 Å². The molecular formula is C10H24N2O4Si2. The molecule has 0 aromatic heterocycles. The first-order valence-electron chi connectivity index (χ1n) is 5.71. The van der Waals surface area contributed by atoms with Crippen LogP contribution in [0, 0.1) is 0 Å². The molecule has 0 saturated carbocycles. The molecule has 0 aliphatic carbocycles. The van der Waals surface area contributed by atoms with Crippen molar-refractivity contribution in [2.45, 2.75) is 26.2 Å². The summed E-state index contributed by atoms with van der Waals surface area (Å²) in [7, 11) is 2.64. The van der Waals surface area contributed by atoms with Crippen LogP contribution in [-0.4, -0.2) is 66.2 Å². The second-order valence-electron chi connectivity index (χ2n) is 5.46. The predicted molar refractivity (Wildman–Crippen MR) is 74.5 cm³/mol. The first-order chi connectivity index (χ1) is 7.90. The second-order valence-corrected chi connectivity index (χ2v) is 13.4. The highest BCUT2D eigenvalue weighted by Gasteiger charge is 2.37. The van der Waals surface area contributed by atoms with Crippen molar-refractivity contribution in [1.29, 1.82) is 0 Å². The molecule has 0 amide bonds. The lowest BCUT2D eigenvalue weighted by Gasteiger charge is -2.31. The van der Waals surface area contributed by atoms with Crippen molar-refractivity contribution in [2.24, 2.45) is 0 Å². The van der Waals surface area contributed by atoms with Crippen LogP contribution in [0.3, 0.4) is 0 Å². The fourth-order valence-corrected chi connectivity index (χ4v) is 2.16. The van der Waals surface area contributed by atoms with Gasteiger partial charge in [-0.1, -0.05) is 0 Å². The van der Waals surface area contributed by atoms with Crippen molar-refractivity contribution in [3.63, 3.8) is 0 Å². The van der Waals surface area contributed by atoms with Gasteiger partial charge in [0, 0.05) is 0 Å². The van der Waals surface area contributed by atoms with Gasteiger partial charge in [-0.15, -0.1) is 0 Å². The van der Waals surface area contributed by atoms with Gasteiger partial charge in [-0.3, -0.25) is 9.13 Å². The maximum Gasteiger partial charge on any atom is 0.403 e. The summed E-state index contributed by atoms with van der Waals surface area (Å²) >= 11 is 0. The van der Waals surface area contributed by atoms with E-state index < -0.39 is 28.9 Å². The van der Waals surface area contributed by atoms with E-state index in [1.165, 1.54) is 0 Å². The van der Waals surface area contributed by atoms with Gasteiger partial charge in [-0.25, -0.2) is 9.59 Å². The summed E-state index contributed by atoms with van der Waals surface area (Å²) in [6.07, 6.45) is 0. The Bertz CT molecular complexity index is 298. The summed E-state index contributed by atoms with van der Waals surface area (Å²) in [5.74, 6) is -1.80. The summed E-state index contributed by atoms with van der Waals surface area (Å²) in [4.78, 5) is 23.4. The van der Waals surface area contributed by atoms with Gasteiger partial charge >= 0.3 is 28.9 Å². The molecule has 0 radical (unpaired) electrons. The van der Waals surface area contributed by atoms with Crippen molar-refractivity contribution in [2.75, 3.05) is 28.2 Å². The SMILES string of the molecule is CN(C)[Si](C)(C)OC(=O)C(=O)O[Si](C)(C)N(C)C. The van der Waals surface area contributed by atoms with Gasteiger partial charge in [0.2, 0.25) is 0 Å². The highest BCUT2D eigenvalue weighted by Crippen LogP contribution is 2.11. The molecule has 0 aliphatic heterocycles. The van der Waals surface area contributed by atoms with Crippen molar-refractivity contribution in [1.82, 2.24) is 9.13 Å². The minimum absolute atomic E-state index is 0.900. The topological polar surface area (TPSA) is 59.1 Å². The minimum atomic E-state index is -2.32. The molecular weight excluding hydrogens is 268 g/mol. The fraction of sp³-hybridized carbons (Fsp3) is 0.800. The molecule has 0 bridgehead atoms. The molecule has 0 spiro atoms. The molecule has 106 valence electrons. The molecule has 6 nitrogen and oxygen atoms in total. The van der Waals surface area contributed by atoms with Gasteiger partial charge in [-0.2, -0.15) is 0 Å². The Hall–Kier alpha value is -0.706. The predicted octanol–water partition coefficient (Wildman–Crippen LogP) is 0.600. The average molecular weight is 292 g/mol. The maximum atomic E-state index is 11.7. The van der Waals surface area contributed by atoms with E-state index in [1.54, 1.807) is 0 Å². The van der Waals surface area contributed by atoms with E-state index in [4.69, 9.17) is 8.85 Å². The average Bonchev–Trinajstić information content (AvgIpc) is 2.15. The second kappa shape index (κ2) is 5.96. The quantitative estimate of drug-likeness (QED) is 0.559. The highest BCUT2D eigenvalue weighted by molar-refractivity contribution is 6.73. The zero-order chi connectivity index (χ0) is 14.7. The van der Waals surface area contributed by atoms with Crippen LogP contribution in [0.5, 0.6) is 0 Å². The number of rotatable bonds is 4. The van der Waals surface area contributed by atoms with E-state index in [-0.39, 0.29) is 0 Å². The van der Waals surface area contributed by atoms with Crippen LogP contribution < -0.4 is 0 Å². The number of carbonyl (C=O) groups is 2. The number of carbonyl (C=O) groups excluding carboxylic acids is 2. The Kier molecular flexibility index (Phi) is 5.72. The molecule has 0 unspecified atom stereocenters. The third-order valence-electron chi connectivity index (χ3n) is 3.01. The van der Waals surface area contributed by atoms with Crippen LogP contribution in [0.25, 0.3) is 0 Å². The van der Waals surface area contributed by atoms with Crippen LogP contribution in [0.2, 0.25) is 26.2 Å².